The number of carbonyl (C=O) groups excluding carboxylic acids is 1. The zero-order valence-corrected chi connectivity index (χ0v) is 9.71. The maximum absolute atomic E-state index is 12.1. The Morgan fingerprint density at radius 3 is 2.81 bits per heavy atom. The lowest BCUT2D eigenvalue weighted by molar-refractivity contribution is -0.136. The molecule has 0 radical (unpaired) electrons. The number of hydrogen-bond acceptors (Lipinski definition) is 4. The predicted molar refractivity (Wildman–Crippen MR) is 59.7 cm³/mol. The van der Waals surface area contributed by atoms with Gasteiger partial charge in [0.05, 0.1) is 24.5 Å². The fourth-order valence-corrected chi connectivity index (χ4v) is 2.04. The SMILES string of the molecule is COCC1(C(=O)NCCC#N)CCNCC1. The molecular weight excluding hydrogens is 206 g/mol. The van der Waals surface area contributed by atoms with Gasteiger partial charge >= 0.3 is 0 Å². The van der Waals surface area contributed by atoms with E-state index in [1.807, 2.05) is 6.07 Å². The Labute approximate surface area is 96.2 Å². The van der Waals surface area contributed by atoms with Gasteiger partial charge in [0, 0.05) is 13.7 Å². The van der Waals surface area contributed by atoms with E-state index in [4.69, 9.17) is 10.00 Å². The molecule has 1 aliphatic rings. The molecule has 0 spiro atoms. The van der Waals surface area contributed by atoms with E-state index < -0.39 is 5.41 Å². The summed E-state index contributed by atoms with van der Waals surface area (Å²) in [5.41, 5.74) is -0.407. The minimum absolute atomic E-state index is 0.0195. The number of amides is 1. The van der Waals surface area contributed by atoms with Crippen molar-refractivity contribution in [3.63, 3.8) is 0 Å². The molecule has 90 valence electrons. The lowest BCUT2D eigenvalue weighted by atomic mass is 9.78. The van der Waals surface area contributed by atoms with E-state index in [0.717, 1.165) is 25.9 Å². The smallest absolute Gasteiger partial charge is 0.228 e. The van der Waals surface area contributed by atoms with Crippen LogP contribution >= 0.6 is 0 Å². The van der Waals surface area contributed by atoms with Gasteiger partial charge in [0.15, 0.2) is 0 Å². The van der Waals surface area contributed by atoms with Crippen LogP contribution in [-0.2, 0) is 9.53 Å². The molecule has 0 saturated carbocycles. The van der Waals surface area contributed by atoms with Gasteiger partial charge in [0.25, 0.3) is 0 Å². The van der Waals surface area contributed by atoms with Gasteiger partial charge in [-0.2, -0.15) is 5.26 Å². The van der Waals surface area contributed by atoms with E-state index >= 15 is 0 Å². The van der Waals surface area contributed by atoms with Gasteiger partial charge in [-0.3, -0.25) is 4.79 Å². The van der Waals surface area contributed by atoms with Crippen LogP contribution in [0, 0.1) is 16.7 Å². The number of nitrogens with one attached hydrogen (secondary N) is 2. The molecule has 1 saturated heterocycles. The van der Waals surface area contributed by atoms with Gasteiger partial charge in [-0.1, -0.05) is 0 Å². The Kier molecular flexibility index (Phi) is 5.23. The Bertz CT molecular complexity index is 261. The molecule has 0 bridgehead atoms. The number of piperidine rings is 1. The van der Waals surface area contributed by atoms with Gasteiger partial charge in [0.1, 0.15) is 0 Å². The van der Waals surface area contributed by atoms with Crippen molar-refractivity contribution in [3.8, 4) is 6.07 Å². The van der Waals surface area contributed by atoms with E-state index in [1.54, 1.807) is 7.11 Å². The second-order valence-corrected chi connectivity index (χ2v) is 4.13. The largest absolute Gasteiger partial charge is 0.384 e. The van der Waals surface area contributed by atoms with Crippen LogP contribution in [0.15, 0.2) is 0 Å². The molecule has 1 aliphatic heterocycles. The molecule has 1 amide bonds. The standard InChI is InChI=1S/C11H19N3O2/c1-16-9-11(3-7-13-8-4-11)10(15)14-6-2-5-12/h13H,2-4,6-9H2,1H3,(H,14,15). The summed E-state index contributed by atoms with van der Waals surface area (Å²) in [7, 11) is 1.62. The zero-order chi connectivity index (χ0) is 11.9. The Balaban J connectivity index is 2.54. The van der Waals surface area contributed by atoms with Gasteiger partial charge in [-0.25, -0.2) is 0 Å². The van der Waals surface area contributed by atoms with Crippen molar-refractivity contribution in [1.82, 2.24) is 10.6 Å². The minimum atomic E-state index is -0.407. The highest BCUT2D eigenvalue weighted by Gasteiger charge is 2.39. The first-order valence-electron chi connectivity index (χ1n) is 5.60. The number of hydrogen-bond donors (Lipinski definition) is 2. The molecule has 5 nitrogen and oxygen atoms in total. The molecule has 0 aliphatic carbocycles. The molecule has 1 heterocycles. The maximum atomic E-state index is 12.1. The fourth-order valence-electron chi connectivity index (χ4n) is 2.04. The first kappa shape index (κ1) is 12.9. The summed E-state index contributed by atoms with van der Waals surface area (Å²) in [5, 5.41) is 14.5. The summed E-state index contributed by atoms with van der Waals surface area (Å²) < 4.78 is 5.16. The van der Waals surface area contributed by atoms with Crippen LogP contribution in [0.1, 0.15) is 19.3 Å². The summed E-state index contributed by atoms with van der Waals surface area (Å²) in [5.74, 6) is 0.0195. The Morgan fingerprint density at radius 1 is 1.56 bits per heavy atom. The monoisotopic (exact) mass is 225 g/mol. The van der Waals surface area contributed by atoms with Gasteiger partial charge in [0.2, 0.25) is 5.91 Å². The van der Waals surface area contributed by atoms with Crippen molar-refractivity contribution in [2.45, 2.75) is 19.3 Å². The fraction of sp³-hybridized carbons (Fsp3) is 0.818. The van der Waals surface area contributed by atoms with E-state index in [9.17, 15) is 4.79 Å². The third-order valence-electron chi connectivity index (χ3n) is 2.99. The van der Waals surface area contributed by atoms with Gasteiger partial charge < -0.3 is 15.4 Å². The molecule has 0 aromatic heterocycles. The molecule has 16 heavy (non-hydrogen) atoms. The van der Waals surface area contributed by atoms with Crippen LogP contribution in [0.4, 0.5) is 0 Å². The van der Waals surface area contributed by atoms with Gasteiger partial charge in [-0.05, 0) is 25.9 Å². The van der Waals surface area contributed by atoms with Crippen LogP contribution < -0.4 is 10.6 Å². The maximum Gasteiger partial charge on any atom is 0.228 e. The van der Waals surface area contributed by atoms with Crippen LogP contribution in [0.3, 0.4) is 0 Å². The Hall–Kier alpha value is -1.12. The highest BCUT2D eigenvalue weighted by atomic mass is 16.5. The van der Waals surface area contributed by atoms with Crippen LogP contribution in [0.25, 0.3) is 0 Å². The highest BCUT2D eigenvalue weighted by Crippen LogP contribution is 2.29. The van der Waals surface area contributed by atoms with Crippen LogP contribution in [-0.4, -0.2) is 39.3 Å². The molecule has 0 aromatic carbocycles. The number of nitriles is 1. The molecule has 0 unspecified atom stereocenters. The lowest BCUT2D eigenvalue weighted by Crippen LogP contribution is -2.50. The summed E-state index contributed by atoms with van der Waals surface area (Å²) in [4.78, 5) is 12.1. The average molecular weight is 225 g/mol. The first-order chi connectivity index (χ1) is 7.75. The second kappa shape index (κ2) is 6.46. The number of ether oxygens (including phenoxy) is 1. The lowest BCUT2D eigenvalue weighted by Gasteiger charge is -2.35. The third kappa shape index (κ3) is 3.19. The minimum Gasteiger partial charge on any atom is -0.384 e. The van der Waals surface area contributed by atoms with Crippen molar-refractivity contribution < 1.29 is 9.53 Å². The predicted octanol–water partition coefficient (Wildman–Crippen LogP) is 0.0325. The third-order valence-corrected chi connectivity index (χ3v) is 2.99. The number of rotatable bonds is 5. The second-order valence-electron chi connectivity index (χ2n) is 4.13. The van der Waals surface area contributed by atoms with E-state index in [0.29, 0.717) is 19.6 Å². The summed E-state index contributed by atoms with van der Waals surface area (Å²) in [6.07, 6.45) is 1.94. The summed E-state index contributed by atoms with van der Waals surface area (Å²) in [6.45, 7) is 2.56. The van der Waals surface area contributed by atoms with E-state index in [-0.39, 0.29) is 5.91 Å². The normalized spacial score (nSPS) is 18.8. The number of methoxy groups -OCH3 is 1. The average Bonchev–Trinajstić information content (AvgIpc) is 2.31. The van der Waals surface area contributed by atoms with Gasteiger partial charge in [-0.15, -0.1) is 0 Å². The summed E-state index contributed by atoms with van der Waals surface area (Å²) in [6, 6.07) is 2.01. The van der Waals surface area contributed by atoms with Crippen molar-refractivity contribution in [1.29, 1.82) is 5.26 Å². The van der Waals surface area contributed by atoms with Crippen molar-refractivity contribution >= 4 is 5.91 Å². The number of carbonyl (C=O) groups is 1. The molecule has 0 atom stereocenters. The molecule has 1 fully saturated rings. The quantitative estimate of drug-likeness (QED) is 0.647. The molecule has 1 rings (SSSR count). The topological polar surface area (TPSA) is 74.1 Å². The highest BCUT2D eigenvalue weighted by molar-refractivity contribution is 5.83. The van der Waals surface area contributed by atoms with Crippen molar-refractivity contribution in [3.05, 3.63) is 0 Å². The van der Waals surface area contributed by atoms with Crippen LogP contribution in [0.2, 0.25) is 0 Å². The summed E-state index contributed by atoms with van der Waals surface area (Å²) >= 11 is 0. The Morgan fingerprint density at radius 2 is 2.25 bits per heavy atom. The van der Waals surface area contributed by atoms with Crippen molar-refractivity contribution in [2.75, 3.05) is 33.4 Å². The molecular formula is C11H19N3O2. The van der Waals surface area contributed by atoms with Crippen LogP contribution in [0.5, 0.6) is 0 Å². The van der Waals surface area contributed by atoms with Crippen molar-refractivity contribution in [2.24, 2.45) is 5.41 Å². The molecule has 0 aromatic rings. The number of nitrogens with zero attached hydrogens (tertiary/aromatic N) is 1. The zero-order valence-electron chi connectivity index (χ0n) is 9.71. The first-order valence-corrected chi connectivity index (χ1v) is 5.60. The molecule has 2 N–H and O–H groups in total. The van der Waals surface area contributed by atoms with E-state index in [2.05, 4.69) is 10.6 Å². The van der Waals surface area contributed by atoms with E-state index in [1.165, 1.54) is 0 Å². The molecule has 5 heteroatoms.